The smallest absolute Gasteiger partial charge is 0.230 e. The second-order valence-electron chi connectivity index (χ2n) is 4.38. The number of aryl methyl sites for hydroxylation is 1. The Labute approximate surface area is 113 Å². The number of thiophene rings is 1. The van der Waals surface area contributed by atoms with Crippen LogP contribution in [0.3, 0.4) is 0 Å². The third-order valence-electron chi connectivity index (χ3n) is 3.06. The normalized spacial score (nSPS) is 18.6. The van der Waals surface area contributed by atoms with Gasteiger partial charge >= 0.3 is 0 Å². The van der Waals surface area contributed by atoms with Gasteiger partial charge < -0.3 is 10.2 Å². The molecular formula is C14H11NO3S. The molecule has 4 nitrogen and oxygen atoms in total. The zero-order valence-corrected chi connectivity index (χ0v) is 10.9. The molecule has 5 heteroatoms. The lowest BCUT2D eigenvalue weighted by molar-refractivity contribution is -0.125. The largest absolute Gasteiger partial charge is 0.504 e. The van der Waals surface area contributed by atoms with E-state index in [0.29, 0.717) is 10.5 Å². The topological polar surface area (TPSA) is 70.4 Å². The summed E-state index contributed by atoms with van der Waals surface area (Å²) in [5.41, 5.74) is 2.28. The molecule has 2 heterocycles. The van der Waals surface area contributed by atoms with Gasteiger partial charge in [0.1, 0.15) is 0 Å². The molecule has 0 unspecified atom stereocenters. The van der Waals surface area contributed by atoms with Gasteiger partial charge in [-0.3, -0.25) is 9.78 Å². The monoisotopic (exact) mass is 273 g/mol. The summed E-state index contributed by atoms with van der Waals surface area (Å²) in [5.74, 6) is -0.934. The maximum Gasteiger partial charge on any atom is 0.230 e. The Kier molecular flexibility index (Phi) is 2.73. The molecule has 2 aromatic heterocycles. The van der Waals surface area contributed by atoms with E-state index in [1.807, 2.05) is 25.1 Å². The van der Waals surface area contributed by atoms with Gasteiger partial charge in [-0.1, -0.05) is 0 Å². The minimum atomic E-state index is -1.19. The first-order valence-corrected chi connectivity index (χ1v) is 6.58. The SMILES string of the molecule is Cc1cc(-c2ccc(C3=C(O)C(=O)[C@H]3O)s2)ccn1. The Balaban J connectivity index is 1.99. The molecule has 19 heavy (non-hydrogen) atoms. The molecule has 0 amide bonds. The van der Waals surface area contributed by atoms with Crippen molar-refractivity contribution in [2.75, 3.05) is 0 Å². The number of rotatable bonds is 2. The van der Waals surface area contributed by atoms with Gasteiger partial charge in [-0.25, -0.2) is 0 Å². The van der Waals surface area contributed by atoms with Crippen LogP contribution in [0.5, 0.6) is 0 Å². The Morgan fingerprint density at radius 1 is 1.26 bits per heavy atom. The van der Waals surface area contributed by atoms with Crippen molar-refractivity contribution in [3.63, 3.8) is 0 Å². The molecule has 0 aromatic carbocycles. The number of carbonyl (C=O) groups excluding carboxylic acids is 1. The quantitative estimate of drug-likeness (QED) is 0.881. The lowest BCUT2D eigenvalue weighted by Gasteiger charge is -2.22. The van der Waals surface area contributed by atoms with Gasteiger partial charge in [0.05, 0.1) is 5.57 Å². The zero-order chi connectivity index (χ0) is 13.6. The average molecular weight is 273 g/mol. The van der Waals surface area contributed by atoms with Crippen molar-refractivity contribution >= 4 is 22.7 Å². The summed E-state index contributed by atoms with van der Waals surface area (Å²) in [4.78, 5) is 17.0. The standard InChI is InChI=1S/C14H11NO3S/c1-7-6-8(4-5-15-7)9-2-3-10(19-9)11-12(16)14(18)13(11)17/h2-6,12,16-17H,1H3/t12-/m0/s1. The number of aromatic nitrogens is 1. The molecule has 96 valence electrons. The highest BCUT2D eigenvalue weighted by Crippen LogP contribution is 2.39. The molecule has 0 fully saturated rings. The molecule has 0 saturated heterocycles. The van der Waals surface area contributed by atoms with Gasteiger partial charge in [-0.2, -0.15) is 0 Å². The Morgan fingerprint density at radius 3 is 2.68 bits per heavy atom. The van der Waals surface area contributed by atoms with Crippen molar-refractivity contribution in [3.05, 3.63) is 46.8 Å². The molecule has 1 aliphatic carbocycles. The van der Waals surface area contributed by atoms with Crippen LogP contribution in [0.1, 0.15) is 10.6 Å². The summed E-state index contributed by atoms with van der Waals surface area (Å²) < 4.78 is 0. The van der Waals surface area contributed by atoms with Gasteiger partial charge in [-0.15, -0.1) is 11.3 Å². The van der Waals surface area contributed by atoms with Crippen molar-refractivity contribution < 1.29 is 15.0 Å². The Hall–Kier alpha value is -1.98. The summed E-state index contributed by atoms with van der Waals surface area (Å²) in [6.07, 6.45) is 0.549. The van der Waals surface area contributed by atoms with E-state index in [0.717, 1.165) is 16.1 Å². The fraction of sp³-hybridized carbons (Fsp3) is 0.143. The number of ketones is 1. The van der Waals surface area contributed by atoms with E-state index in [2.05, 4.69) is 4.98 Å². The van der Waals surface area contributed by atoms with Crippen LogP contribution in [-0.4, -0.2) is 27.1 Å². The van der Waals surface area contributed by atoms with Gasteiger partial charge in [0, 0.05) is 21.6 Å². The predicted molar refractivity (Wildman–Crippen MR) is 72.8 cm³/mol. The molecule has 0 spiro atoms. The molecule has 2 N–H and O–H groups in total. The van der Waals surface area contributed by atoms with Crippen molar-refractivity contribution in [2.45, 2.75) is 13.0 Å². The van der Waals surface area contributed by atoms with Gasteiger partial charge in [0.15, 0.2) is 11.9 Å². The molecule has 0 aliphatic heterocycles. The Bertz CT molecular complexity index is 702. The molecule has 1 atom stereocenters. The number of aliphatic hydroxyl groups is 2. The number of carbonyl (C=O) groups is 1. The van der Waals surface area contributed by atoms with Crippen LogP contribution >= 0.6 is 11.3 Å². The first-order valence-electron chi connectivity index (χ1n) is 5.76. The first kappa shape index (κ1) is 12.1. The molecular weight excluding hydrogens is 262 g/mol. The fourth-order valence-corrected chi connectivity index (χ4v) is 3.11. The number of hydrogen-bond acceptors (Lipinski definition) is 5. The van der Waals surface area contributed by atoms with Gasteiger partial charge in [-0.05, 0) is 36.8 Å². The van der Waals surface area contributed by atoms with Crippen LogP contribution < -0.4 is 0 Å². The summed E-state index contributed by atoms with van der Waals surface area (Å²) in [7, 11) is 0. The number of pyridine rings is 1. The van der Waals surface area contributed by atoms with Crippen LogP contribution in [0.15, 0.2) is 36.2 Å². The van der Waals surface area contributed by atoms with Crippen LogP contribution in [0.2, 0.25) is 0 Å². The number of aliphatic hydroxyl groups excluding tert-OH is 2. The van der Waals surface area contributed by atoms with Gasteiger partial charge in [0.25, 0.3) is 0 Å². The highest BCUT2D eigenvalue weighted by atomic mass is 32.1. The van der Waals surface area contributed by atoms with E-state index >= 15 is 0 Å². The van der Waals surface area contributed by atoms with E-state index in [4.69, 9.17) is 0 Å². The summed E-state index contributed by atoms with van der Waals surface area (Å²) in [6.45, 7) is 1.92. The maximum absolute atomic E-state index is 11.1. The third-order valence-corrected chi connectivity index (χ3v) is 4.23. The van der Waals surface area contributed by atoms with Crippen molar-refractivity contribution in [2.24, 2.45) is 0 Å². The van der Waals surface area contributed by atoms with Crippen LogP contribution in [-0.2, 0) is 4.79 Å². The minimum absolute atomic E-state index is 0.326. The number of hydrogen-bond donors (Lipinski definition) is 2. The third kappa shape index (κ3) is 1.87. The molecule has 3 rings (SSSR count). The van der Waals surface area contributed by atoms with E-state index in [1.165, 1.54) is 11.3 Å². The van der Waals surface area contributed by atoms with E-state index in [9.17, 15) is 15.0 Å². The van der Waals surface area contributed by atoms with Crippen LogP contribution in [0, 0.1) is 6.92 Å². The first-order chi connectivity index (χ1) is 9.08. The average Bonchev–Trinajstić information content (AvgIpc) is 2.88. The highest BCUT2D eigenvalue weighted by Gasteiger charge is 2.39. The fourth-order valence-electron chi connectivity index (χ4n) is 2.03. The predicted octanol–water partition coefficient (Wildman–Crippen LogP) is 2.33. The maximum atomic E-state index is 11.1. The van der Waals surface area contributed by atoms with Crippen LogP contribution in [0.4, 0.5) is 0 Å². The number of nitrogens with zero attached hydrogens (tertiary/aromatic N) is 1. The molecule has 0 saturated carbocycles. The van der Waals surface area contributed by atoms with Crippen molar-refractivity contribution in [1.82, 2.24) is 4.98 Å². The molecule has 2 aromatic rings. The van der Waals surface area contributed by atoms with E-state index in [1.54, 1.807) is 12.3 Å². The van der Waals surface area contributed by atoms with Crippen molar-refractivity contribution in [1.29, 1.82) is 0 Å². The Morgan fingerprint density at radius 2 is 2.00 bits per heavy atom. The minimum Gasteiger partial charge on any atom is -0.504 e. The lowest BCUT2D eigenvalue weighted by Crippen LogP contribution is -2.34. The van der Waals surface area contributed by atoms with E-state index in [-0.39, 0.29) is 5.76 Å². The summed E-state index contributed by atoms with van der Waals surface area (Å²) >= 11 is 1.43. The second-order valence-corrected chi connectivity index (χ2v) is 5.46. The highest BCUT2D eigenvalue weighted by molar-refractivity contribution is 7.16. The number of Topliss-reactive ketones (excluding diaryl/α,β-unsaturated/α-hetero) is 1. The molecule has 0 radical (unpaired) electrons. The summed E-state index contributed by atoms with van der Waals surface area (Å²) in [6, 6.07) is 7.58. The van der Waals surface area contributed by atoms with Crippen LogP contribution in [0.25, 0.3) is 16.0 Å². The van der Waals surface area contributed by atoms with Gasteiger partial charge in [0.2, 0.25) is 5.78 Å². The van der Waals surface area contributed by atoms with E-state index < -0.39 is 11.9 Å². The molecule has 0 bridgehead atoms. The summed E-state index contributed by atoms with van der Waals surface area (Å²) in [5, 5.41) is 19.0. The lowest BCUT2D eigenvalue weighted by atomic mass is 9.90. The van der Waals surface area contributed by atoms with Crippen molar-refractivity contribution in [3.8, 4) is 10.4 Å². The second kappa shape index (κ2) is 4.29. The zero-order valence-electron chi connectivity index (χ0n) is 10.1. The molecule has 1 aliphatic rings.